The number of halogens is 1. The molecule has 2 aromatic rings. The van der Waals surface area contributed by atoms with Crippen LogP contribution in [0.5, 0.6) is 5.75 Å². The summed E-state index contributed by atoms with van der Waals surface area (Å²) >= 11 is 0. The van der Waals surface area contributed by atoms with Crippen molar-refractivity contribution in [2.24, 2.45) is 0 Å². The van der Waals surface area contributed by atoms with Gasteiger partial charge in [-0.05, 0) is 54.5 Å². The number of benzene rings is 2. The molecular formula is C21H24FNO2. The van der Waals surface area contributed by atoms with E-state index < -0.39 is 0 Å². The van der Waals surface area contributed by atoms with Crippen LogP contribution in [0, 0.1) is 5.82 Å². The summed E-state index contributed by atoms with van der Waals surface area (Å²) in [7, 11) is 0. The number of carbonyl (C=O) groups excluding carboxylic acids is 1. The average Bonchev–Trinajstić information content (AvgIpc) is 2.62. The Morgan fingerprint density at radius 1 is 1.04 bits per heavy atom. The highest BCUT2D eigenvalue weighted by molar-refractivity contribution is 6.01. The van der Waals surface area contributed by atoms with Crippen LogP contribution >= 0.6 is 0 Å². The number of amides is 1. The molecule has 1 N–H and O–H groups in total. The fraction of sp³-hybridized carbons (Fsp3) is 0.286. The monoisotopic (exact) mass is 341 g/mol. The molecular weight excluding hydrogens is 317 g/mol. The molecule has 0 radical (unpaired) electrons. The first-order valence-corrected chi connectivity index (χ1v) is 8.65. The molecule has 0 unspecified atom stereocenters. The van der Waals surface area contributed by atoms with E-state index in [0.717, 1.165) is 17.7 Å². The summed E-state index contributed by atoms with van der Waals surface area (Å²) in [6, 6.07) is 13.3. The molecule has 0 heterocycles. The number of ether oxygens (including phenoxy) is 1. The third-order valence-corrected chi connectivity index (χ3v) is 3.69. The fourth-order valence-corrected chi connectivity index (χ4v) is 2.28. The van der Waals surface area contributed by atoms with Crippen molar-refractivity contribution < 1.29 is 13.9 Å². The highest BCUT2D eigenvalue weighted by Gasteiger charge is 2.00. The summed E-state index contributed by atoms with van der Waals surface area (Å²) < 4.78 is 18.5. The Hall–Kier alpha value is -2.62. The molecule has 3 nitrogen and oxygen atoms in total. The van der Waals surface area contributed by atoms with E-state index in [-0.39, 0.29) is 11.7 Å². The maximum absolute atomic E-state index is 12.8. The van der Waals surface area contributed by atoms with Gasteiger partial charge in [-0.2, -0.15) is 0 Å². The second kappa shape index (κ2) is 10.3. The predicted octanol–water partition coefficient (Wildman–Crippen LogP) is 5.44. The molecule has 0 bridgehead atoms. The molecule has 4 heteroatoms. The molecule has 0 atom stereocenters. The van der Waals surface area contributed by atoms with E-state index in [9.17, 15) is 9.18 Å². The first-order valence-electron chi connectivity index (χ1n) is 8.65. The van der Waals surface area contributed by atoms with Gasteiger partial charge in [0.05, 0.1) is 6.61 Å². The molecule has 0 aliphatic rings. The minimum Gasteiger partial charge on any atom is -0.494 e. The van der Waals surface area contributed by atoms with Crippen molar-refractivity contribution in [3.8, 4) is 5.75 Å². The van der Waals surface area contributed by atoms with Crippen molar-refractivity contribution in [3.05, 3.63) is 66.0 Å². The quantitative estimate of drug-likeness (QED) is 0.487. The Bertz CT molecular complexity index is 678. The van der Waals surface area contributed by atoms with Gasteiger partial charge in [-0.3, -0.25) is 4.79 Å². The van der Waals surface area contributed by atoms with Crippen molar-refractivity contribution in [1.29, 1.82) is 0 Å². The molecule has 0 spiro atoms. The van der Waals surface area contributed by atoms with Crippen LogP contribution in [-0.2, 0) is 4.79 Å². The van der Waals surface area contributed by atoms with Gasteiger partial charge in [0, 0.05) is 11.8 Å². The highest BCUT2D eigenvalue weighted by atomic mass is 19.1. The zero-order valence-corrected chi connectivity index (χ0v) is 14.5. The van der Waals surface area contributed by atoms with Gasteiger partial charge in [0.2, 0.25) is 5.91 Å². The Balaban J connectivity index is 1.78. The van der Waals surface area contributed by atoms with E-state index in [0.29, 0.717) is 12.3 Å². The Morgan fingerprint density at radius 2 is 1.76 bits per heavy atom. The van der Waals surface area contributed by atoms with Crippen LogP contribution in [0.1, 0.15) is 38.2 Å². The number of rotatable bonds is 9. The molecule has 0 fully saturated rings. The second-order valence-corrected chi connectivity index (χ2v) is 5.81. The van der Waals surface area contributed by atoms with Crippen molar-refractivity contribution in [2.45, 2.75) is 32.6 Å². The van der Waals surface area contributed by atoms with Crippen LogP contribution in [0.25, 0.3) is 6.08 Å². The third-order valence-electron chi connectivity index (χ3n) is 3.69. The van der Waals surface area contributed by atoms with Crippen LogP contribution in [0.4, 0.5) is 10.1 Å². The van der Waals surface area contributed by atoms with Gasteiger partial charge in [-0.1, -0.05) is 38.3 Å². The summed E-state index contributed by atoms with van der Waals surface area (Å²) in [5.41, 5.74) is 1.47. The number of carbonyl (C=O) groups is 1. The van der Waals surface area contributed by atoms with E-state index in [2.05, 4.69) is 12.2 Å². The van der Waals surface area contributed by atoms with Crippen LogP contribution in [0.2, 0.25) is 0 Å². The lowest BCUT2D eigenvalue weighted by Crippen LogP contribution is -2.07. The van der Waals surface area contributed by atoms with E-state index in [1.54, 1.807) is 18.2 Å². The molecule has 0 aliphatic carbocycles. The van der Waals surface area contributed by atoms with Gasteiger partial charge >= 0.3 is 0 Å². The van der Waals surface area contributed by atoms with Gasteiger partial charge in [0.15, 0.2) is 0 Å². The fourth-order valence-electron chi connectivity index (χ4n) is 2.28. The number of anilines is 1. The third kappa shape index (κ3) is 7.21. The second-order valence-electron chi connectivity index (χ2n) is 5.81. The molecule has 0 aromatic heterocycles. The lowest BCUT2D eigenvalue weighted by molar-refractivity contribution is -0.111. The molecule has 132 valence electrons. The summed E-state index contributed by atoms with van der Waals surface area (Å²) in [5, 5.41) is 2.78. The van der Waals surface area contributed by atoms with Gasteiger partial charge in [-0.15, -0.1) is 0 Å². The standard InChI is InChI=1S/C21H24FNO2/c1-2-3-4-5-16-25-20-13-11-19(12-14-20)23-21(24)15-8-17-6-9-18(22)10-7-17/h6-15H,2-5,16H2,1H3,(H,23,24)/b15-8+. The molecule has 1 amide bonds. The van der Waals surface area contributed by atoms with Crippen molar-refractivity contribution in [1.82, 2.24) is 0 Å². The molecule has 2 rings (SSSR count). The van der Waals surface area contributed by atoms with Crippen molar-refractivity contribution in [3.63, 3.8) is 0 Å². The first kappa shape index (κ1) is 18.7. The topological polar surface area (TPSA) is 38.3 Å². The summed E-state index contributed by atoms with van der Waals surface area (Å²) in [5.74, 6) is 0.267. The number of nitrogens with one attached hydrogen (secondary N) is 1. The average molecular weight is 341 g/mol. The lowest BCUT2D eigenvalue weighted by atomic mass is 10.2. The van der Waals surface area contributed by atoms with Crippen LogP contribution in [0.3, 0.4) is 0 Å². The van der Waals surface area contributed by atoms with Gasteiger partial charge in [0.1, 0.15) is 11.6 Å². The Morgan fingerprint density at radius 3 is 2.44 bits per heavy atom. The smallest absolute Gasteiger partial charge is 0.248 e. The maximum Gasteiger partial charge on any atom is 0.248 e. The molecule has 0 saturated heterocycles. The molecule has 0 saturated carbocycles. The minimum atomic E-state index is -0.297. The van der Waals surface area contributed by atoms with Gasteiger partial charge in [-0.25, -0.2) is 4.39 Å². The highest BCUT2D eigenvalue weighted by Crippen LogP contribution is 2.16. The predicted molar refractivity (Wildman–Crippen MR) is 100 cm³/mol. The van der Waals surface area contributed by atoms with E-state index in [4.69, 9.17) is 4.74 Å². The number of unbranched alkanes of at least 4 members (excludes halogenated alkanes) is 3. The van der Waals surface area contributed by atoms with Gasteiger partial charge in [0.25, 0.3) is 0 Å². The van der Waals surface area contributed by atoms with Crippen LogP contribution in [0.15, 0.2) is 54.6 Å². The SMILES string of the molecule is CCCCCCOc1ccc(NC(=O)/C=C/c2ccc(F)cc2)cc1. The number of hydrogen-bond donors (Lipinski definition) is 1. The molecule has 2 aromatic carbocycles. The van der Waals surface area contributed by atoms with Crippen LogP contribution in [-0.4, -0.2) is 12.5 Å². The Labute approximate surface area is 148 Å². The zero-order chi connectivity index (χ0) is 17.9. The zero-order valence-electron chi connectivity index (χ0n) is 14.5. The molecule has 0 aliphatic heterocycles. The lowest BCUT2D eigenvalue weighted by Gasteiger charge is -2.07. The molecule has 25 heavy (non-hydrogen) atoms. The minimum absolute atomic E-state index is 0.238. The van der Waals surface area contributed by atoms with Crippen molar-refractivity contribution >= 4 is 17.7 Å². The summed E-state index contributed by atoms with van der Waals surface area (Å²) in [6.45, 7) is 2.90. The van der Waals surface area contributed by atoms with Crippen molar-refractivity contribution in [2.75, 3.05) is 11.9 Å². The van der Waals surface area contributed by atoms with E-state index in [1.807, 2.05) is 24.3 Å². The summed E-state index contributed by atoms with van der Waals surface area (Å²) in [6.07, 6.45) is 7.75. The van der Waals surface area contributed by atoms with Gasteiger partial charge < -0.3 is 10.1 Å². The van der Waals surface area contributed by atoms with E-state index in [1.165, 1.54) is 37.5 Å². The normalized spacial score (nSPS) is 10.8. The first-order chi connectivity index (χ1) is 12.2. The Kier molecular flexibility index (Phi) is 7.70. The largest absolute Gasteiger partial charge is 0.494 e. The maximum atomic E-state index is 12.8. The number of hydrogen-bond acceptors (Lipinski definition) is 2. The van der Waals surface area contributed by atoms with E-state index >= 15 is 0 Å². The summed E-state index contributed by atoms with van der Waals surface area (Å²) in [4.78, 5) is 11.9. The van der Waals surface area contributed by atoms with Crippen LogP contribution < -0.4 is 10.1 Å².